The Balaban J connectivity index is 1.52. The fraction of sp³-hybridized carbons (Fsp3) is 0.115. The van der Waals surface area contributed by atoms with Gasteiger partial charge in [-0.15, -0.1) is 0 Å². The summed E-state index contributed by atoms with van der Waals surface area (Å²) in [6.07, 6.45) is 1.48. The highest BCUT2D eigenvalue weighted by molar-refractivity contribution is 14.1. The van der Waals surface area contributed by atoms with Crippen LogP contribution in [0.1, 0.15) is 12.5 Å². The first-order chi connectivity index (χ1) is 17.4. The van der Waals surface area contributed by atoms with Gasteiger partial charge in [0.05, 0.1) is 15.9 Å². The van der Waals surface area contributed by atoms with Gasteiger partial charge >= 0.3 is 0 Å². The molecule has 0 aliphatic carbocycles. The summed E-state index contributed by atoms with van der Waals surface area (Å²) in [7, 11) is 0. The maximum absolute atomic E-state index is 13.1. The molecule has 1 aliphatic heterocycles. The Morgan fingerprint density at radius 3 is 2.50 bits per heavy atom. The first-order valence-electron chi connectivity index (χ1n) is 10.9. The SMILES string of the molecule is CCOc1cc(/C=C2/C(=O)NN(c3ccccc3)C2=O)cc(I)c1OCC(=O)Nc1ccc(F)cc1. The first-order valence-corrected chi connectivity index (χ1v) is 12.0. The Hall–Kier alpha value is -3.93. The van der Waals surface area contributed by atoms with Crippen LogP contribution in [0.15, 0.2) is 72.3 Å². The normalized spacial score (nSPS) is 14.1. The Morgan fingerprint density at radius 1 is 1.08 bits per heavy atom. The lowest BCUT2D eigenvalue weighted by Crippen LogP contribution is -2.35. The minimum atomic E-state index is -0.519. The fourth-order valence-corrected chi connectivity index (χ4v) is 4.21. The van der Waals surface area contributed by atoms with E-state index in [1.807, 2.05) is 28.7 Å². The minimum Gasteiger partial charge on any atom is -0.490 e. The Morgan fingerprint density at radius 2 is 1.81 bits per heavy atom. The highest BCUT2D eigenvalue weighted by Crippen LogP contribution is 2.35. The topological polar surface area (TPSA) is 97.0 Å². The van der Waals surface area contributed by atoms with Crippen LogP contribution in [-0.2, 0) is 14.4 Å². The van der Waals surface area contributed by atoms with E-state index in [0.717, 1.165) is 0 Å². The van der Waals surface area contributed by atoms with Crippen LogP contribution in [0.5, 0.6) is 11.5 Å². The van der Waals surface area contributed by atoms with E-state index in [-0.39, 0.29) is 12.2 Å². The molecule has 1 saturated heterocycles. The van der Waals surface area contributed by atoms with Crippen molar-refractivity contribution in [1.82, 2.24) is 5.43 Å². The van der Waals surface area contributed by atoms with Crippen molar-refractivity contribution in [2.45, 2.75) is 6.92 Å². The predicted octanol–water partition coefficient (Wildman–Crippen LogP) is 4.31. The molecule has 1 heterocycles. The molecule has 0 radical (unpaired) electrons. The minimum absolute atomic E-state index is 0.0237. The Bertz CT molecular complexity index is 1330. The number of rotatable bonds is 8. The van der Waals surface area contributed by atoms with Crippen molar-refractivity contribution >= 4 is 57.8 Å². The number of hydrazine groups is 1. The summed E-state index contributed by atoms with van der Waals surface area (Å²) >= 11 is 2.03. The summed E-state index contributed by atoms with van der Waals surface area (Å²) in [4.78, 5) is 37.7. The second-order valence-corrected chi connectivity index (χ2v) is 8.74. The van der Waals surface area contributed by atoms with Gasteiger partial charge in [-0.25, -0.2) is 9.40 Å². The van der Waals surface area contributed by atoms with E-state index in [4.69, 9.17) is 9.47 Å². The molecule has 1 aliphatic rings. The molecule has 2 N–H and O–H groups in total. The van der Waals surface area contributed by atoms with Crippen molar-refractivity contribution < 1.29 is 28.2 Å². The second-order valence-electron chi connectivity index (χ2n) is 7.58. The molecule has 0 saturated carbocycles. The number of anilines is 2. The van der Waals surface area contributed by atoms with Gasteiger partial charge in [-0.05, 0) is 89.7 Å². The van der Waals surface area contributed by atoms with Crippen LogP contribution in [0, 0.1) is 9.39 Å². The molecule has 36 heavy (non-hydrogen) atoms. The van der Waals surface area contributed by atoms with Crippen molar-refractivity contribution in [3.8, 4) is 11.5 Å². The molecule has 3 aromatic carbocycles. The van der Waals surface area contributed by atoms with Gasteiger partial charge in [-0.3, -0.25) is 19.8 Å². The Labute approximate surface area is 220 Å². The van der Waals surface area contributed by atoms with Crippen LogP contribution >= 0.6 is 22.6 Å². The molecule has 10 heteroatoms. The van der Waals surface area contributed by atoms with Gasteiger partial charge in [0.2, 0.25) is 0 Å². The molecule has 4 rings (SSSR count). The Kier molecular flexibility index (Phi) is 7.84. The van der Waals surface area contributed by atoms with Gasteiger partial charge in [-0.2, -0.15) is 0 Å². The smallest absolute Gasteiger partial charge is 0.282 e. The third-order valence-corrected chi connectivity index (χ3v) is 5.83. The van der Waals surface area contributed by atoms with Crippen molar-refractivity contribution in [2.75, 3.05) is 23.5 Å². The van der Waals surface area contributed by atoms with E-state index >= 15 is 0 Å². The van der Waals surface area contributed by atoms with E-state index < -0.39 is 23.5 Å². The molecule has 0 atom stereocenters. The van der Waals surface area contributed by atoms with Crippen LogP contribution < -0.4 is 25.2 Å². The van der Waals surface area contributed by atoms with E-state index in [9.17, 15) is 18.8 Å². The zero-order chi connectivity index (χ0) is 25.7. The van der Waals surface area contributed by atoms with Crippen molar-refractivity contribution in [3.63, 3.8) is 0 Å². The van der Waals surface area contributed by atoms with Crippen LogP contribution in [0.3, 0.4) is 0 Å². The summed E-state index contributed by atoms with van der Waals surface area (Å²) in [5.41, 5.74) is 4.08. The molecule has 184 valence electrons. The van der Waals surface area contributed by atoms with Gasteiger partial charge in [0.25, 0.3) is 17.7 Å². The zero-order valence-electron chi connectivity index (χ0n) is 19.1. The molecule has 0 spiro atoms. The maximum Gasteiger partial charge on any atom is 0.282 e. The van der Waals surface area contributed by atoms with Crippen LogP contribution in [0.2, 0.25) is 0 Å². The highest BCUT2D eigenvalue weighted by Gasteiger charge is 2.34. The van der Waals surface area contributed by atoms with Crippen LogP contribution in [0.25, 0.3) is 6.08 Å². The average molecular weight is 601 g/mol. The zero-order valence-corrected chi connectivity index (χ0v) is 21.2. The number of hydrogen-bond acceptors (Lipinski definition) is 5. The van der Waals surface area contributed by atoms with E-state index in [1.54, 1.807) is 43.3 Å². The predicted molar refractivity (Wildman–Crippen MR) is 141 cm³/mol. The monoisotopic (exact) mass is 601 g/mol. The van der Waals surface area contributed by atoms with Crippen molar-refractivity contribution in [3.05, 3.63) is 87.3 Å². The summed E-state index contributed by atoms with van der Waals surface area (Å²) in [6, 6.07) is 17.5. The van der Waals surface area contributed by atoms with Gasteiger partial charge < -0.3 is 14.8 Å². The molecule has 0 bridgehead atoms. The molecule has 1 fully saturated rings. The summed E-state index contributed by atoms with van der Waals surface area (Å²) < 4.78 is 25.1. The number of nitrogens with zero attached hydrogens (tertiary/aromatic N) is 1. The van der Waals surface area contributed by atoms with Gasteiger partial charge in [0.1, 0.15) is 11.4 Å². The van der Waals surface area contributed by atoms with Gasteiger partial charge in [0, 0.05) is 5.69 Å². The maximum atomic E-state index is 13.1. The molecule has 3 amide bonds. The van der Waals surface area contributed by atoms with E-state index in [2.05, 4.69) is 10.7 Å². The lowest BCUT2D eigenvalue weighted by molar-refractivity contribution is -0.118. The first kappa shape index (κ1) is 25.2. The lowest BCUT2D eigenvalue weighted by Gasteiger charge is -2.15. The average Bonchev–Trinajstić information content (AvgIpc) is 3.14. The number of hydrogen-bond donors (Lipinski definition) is 2. The number of para-hydroxylation sites is 1. The number of benzene rings is 3. The van der Waals surface area contributed by atoms with Crippen LogP contribution in [0.4, 0.5) is 15.8 Å². The van der Waals surface area contributed by atoms with E-state index in [0.29, 0.717) is 38.6 Å². The molecule has 3 aromatic rings. The van der Waals surface area contributed by atoms with Crippen LogP contribution in [-0.4, -0.2) is 30.9 Å². The molecular weight excluding hydrogens is 580 g/mol. The van der Waals surface area contributed by atoms with Crippen molar-refractivity contribution in [1.29, 1.82) is 0 Å². The standard InChI is InChI=1S/C26H21FIN3O5/c1-2-35-22-14-16(12-20-25(33)30-31(26(20)34)19-6-4-3-5-7-19)13-21(28)24(22)36-15-23(32)29-18-10-8-17(27)9-11-18/h3-14H,2,15H2,1H3,(H,29,32)(H,30,33)/b20-12-. The summed E-state index contributed by atoms with van der Waals surface area (Å²) in [5, 5.41) is 3.82. The molecule has 0 unspecified atom stereocenters. The largest absolute Gasteiger partial charge is 0.490 e. The highest BCUT2D eigenvalue weighted by atomic mass is 127. The fourth-order valence-electron chi connectivity index (χ4n) is 3.43. The number of amides is 3. The third kappa shape index (κ3) is 5.82. The third-order valence-electron chi connectivity index (χ3n) is 5.02. The number of nitrogens with one attached hydrogen (secondary N) is 2. The van der Waals surface area contributed by atoms with Gasteiger partial charge in [-0.1, -0.05) is 18.2 Å². The summed E-state index contributed by atoms with van der Waals surface area (Å²) in [6.45, 7) is 1.82. The summed E-state index contributed by atoms with van der Waals surface area (Å²) in [5.74, 6) is -1.12. The second kappa shape index (κ2) is 11.2. The van der Waals surface area contributed by atoms with E-state index in [1.165, 1.54) is 35.4 Å². The number of carbonyl (C=O) groups excluding carboxylic acids is 3. The number of carbonyl (C=O) groups is 3. The van der Waals surface area contributed by atoms with Crippen molar-refractivity contribution in [2.24, 2.45) is 0 Å². The number of halogens is 2. The van der Waals surface area contributed by atoms with Gasteiger partial charge in [0.15, 0.2) is 18.1 Å². The lowest BCUT2D eigenvalue weighted by atomic mass is 10.1. The quantitative estimate of drug-likeness (QED) is 0.228. The molecule has 8 nitrogen and oxygen atoms in total. The number of ether oxygens (including phenoxy) is 2. The molecule has 0 aromatic heterocycles. The molecular formula is C26H21FIN3O5.